The highest BCUT2D eigenvalue weighted by molar-refractivity contribution is 7.92. The summed E-state index contributed by atoms with van der Waals surface area (Å²) in [6.07, 6.45) is 0.933. The highest BCUT2D eigenvalue weighted by Crippen LogP contribution is 2.30. The van der Waals surface area contributed by atoms with Gasteiger partial charge in [0, 0.05) is 24.9 Å². The van der Waals surface area contributed by atoms with Gasteiger partial charge < -0.3 is 9.88 Å². The molecule has 1 N–H and O–H groups in total. The Balaban J connectivity index is 1.96. The molecule has 0 aliphatic heterocycles. The minimum absolute atomic E-state index is 0.0519. The fraction of sp³-hybridized carbons (Fsp3) is 0.263. The summed E-state index contributed by atoms with van der Waals surface area (Å²) >= 11 is 1.03. The fourth-order valence-electron chi connectivity index (χ4n) is 3.19. The molecule has 0 spiro atoms. The summed E-state index contributed by atoms with van der Waals surface area (Å²) in [5, 5.41) is 13.8. The number of carbonyl (C=O) groups is 1. The van der Waals surface area contributed by atoms with E-state index in [9.17, 15) is 28.1 Å². The lowest BCUT2D eigenvalue weighted by Crippen LogP contribution is -2.45. The largest absolute Gasteiger partial charge is 0.324 e. The van der Waals surface area contributed by atoms with Crippen LogP contribution in [0, 0.1) is 17.0 Å². The lowest BCUT2D eigenvalue weighted by molar-refractivity contribution is -0.384. The highest BCUT2D eigenvalue weighted by Gasteiger charge is 2.31. The van der Waals surface area contributed by atoms with Gasteiger partial charge in [-0.2, -0.15) is 0 Å². The van der Waals surface area contributed by atoms with E-state index < -0.39 is 26.9 Å². The molecule has 12 heteroatoms. The molecule has 1 heterocycles. The van der Waals surface area contributed by atoms with Crippen LogP contribution in [0.3, 0.4) is 0 Å². The molecule has 1 aromatic heterocycles. The number of nitro groups is 1. The van der Waals surface area contributed by atoms with Crippen LogP contribution in [0.2, 0.25) is 0 Å². The summed E-state index contributed by atoms with van der Waals surface area (Å²) in [7, 11) is -2.30. The van der Waals surface area contributed by atoms with Gasteiger partial charge in [0.25, 0.3) is 5.69 Å². The molecule has 0 bridgehead atoms. The number of non-ortho nitro benzene ring substituents is 1. The number of fused-ring (bicyclic) bond motifs is 1. The molecule has 10 nitrogen and oxygen atoms in total. The van der Waals surface area contributed by atoms with Gasteiger partial charge in [0.2, 0.25) is 15.9 Å². The number of hydrogen-bond acceptors (Lipinski definition) is 7. The second-order valence-electron chi connectivity index (χ2n) is 7.06. The van der Waals surface area contributed by atoms with Crippen molar-refractivity contribution in [2.24, 2.45) is 7.05 Å². The maximum Gasteiger partial charge on any atom is 0.307 e. The molecular formula is C19H20N4O6S2. The van der Waals surface area contributed by atoms with Crippen molar-refractivity contribution >= 4 is 54.5 Å². The van der Waals surface area contributed by atoms with Crippen LogP contribution in [-0.2, 0) is 21.9 Å². The molecule has 0 saturated heterocycles. The Morgan fingerprint density at radius 2 is 1.94 bits per heavy atom. The number of benzene rings is 2. The van der Waals surface area contributed by atoms with Crippen molar-refractivity contribution in [1.29, 1.82) is 0 Å². The van der Waals surface area contributed by atoms with E-state index in [1.54, 1.807) is 32.2 Å². The van der Waals surface area contributed by atoms with E-state index in [0.29, 0.717) is 21.5 Å². The predicted molar refractivity (Wildman–Crippen MR) is 120 cm³/mol. The number of thiazole rings is 1. The monoisotopic (exact) mass is 464 g/mol. The fourth-order valence-corrected chi connectivity index (χ4v) is 5.33. The van der Waals surface area contributed by atoms with Crippen LogP contribution < -0.4 is 14.5 Å². The normalized spacial score (nSPS) is 12.5. The molecule has 0 aliphatic carbocycles. The Kier molecular flexibility index (Phi) is 5.87. The zero-order chi connectivity index (χ0) is 23.1. The number of carbonyl (C=O) groups excluding carboxylic acids is 1. The number of nitro benzene ring substituents is 1. The standard InChI is InChI=1S/C19H20N4O6S2/c1-11-5-7-14(23(26)27)10-16(11)22(31(4,28)29)12(2)18(24)20-13-6-8-15-17(9-13)30-19(25)21(15)3/h5-10,12H,1-4H3,(H,20,24)/t12-/m0/s1. The number of nitrogens with one attached hydrogen (secondary N) is 1. The maximum absolute atomic E-state index is 12.9. The molecule has 0 radical (unpaired) electrons. The van der Waals surface area contributed by atoms with Crippen LogP contribution in [0.4, 0.5) is 17.1 Å². The van der Waals surface area contributed by atoms with E-state index in [2.05, 4.69) is 5.32 Å². The molecule has 3 aromatic rings. The third-order valence-electron chi connectivity index (χ3n) is 4.79. The van der Waals surface area contributed by atoms with Crippen molar-refractivity contribution < 1.29 is 18.1 Å². The van der Waals surface area contributed by atoms with Crippen molar-refractivity contribution in [3.05, 3.63) is 61.7 Å². The lowest BCUT2D eigenvalue weighted by Gasteiger charge is -2.29. The Morgan fingerprint density at radius 1 is 1.26 bits per heavy atom. The maximum atomic E-state index is 12.9. The van der Waals surface area contributed by atoms with Crippen LogP contribution in [0.1, 0.15) is 12.5 Å². The summed E-state index contributed by atoms with van der Waals surface area (Å²) in [5.74, 6) is -0.626. The average Bonchev–Trinajstić information content (AvgIpc) is 2.95. The number of amides is 1. The highest BCUT2D eigenvalue weighted by atomic mass is 32.2. The van der Waals surface area contributed by atoms with Crippen molar-refractivity contribution in [2.45, 2.75) is 19.9 Å². The van der Waals surface area contributed by atoms with Crippen LogP contribution >= 0.6 is 11.3 Å². The number of aryl methyl sites for hydroxylation is 2. The first-order valence-electron chi connectivity index (χ1n) is 9.05. The zero-order valence-corrected chi connectivity index (χ0v) is 18.8. The molecule has 1 atom stereocenters. The van der Waals surface area contributed by atoms with E-state index in [-0.39, 0.29) is 16.2 Å². The minimum Gasteiger partial charge on any atom is -0.324 e. The molecule has 3 rings (SSSR count). The van der Waals surface area contributed by atoms with Gasteiger partial charge in [-0.15, -0.1) is 0 Å². The molecule has 0 fully saturated rings. The van der Waals surface area contributed by atoms with E-state index in [4.69, 9.17) is 0 Å². The number of aromatic nitrogens is 1. The second-order valence-corrected chi connectivity index (χ2v) is 9.91. The summed E-state index contributed by atoms with van der Waals surface area (Å²) < 4.78 is 28.1. The van der Waals surface area contributed by atoms with Crippen LogP contribution in [0.25, 0.3) is 10.2 Å². The zero-order valence-electron chi connectivity index (χ0n) is 17.1. The van der Waals surface area contributed by atoms with Gasteiger partial charge in [0.15, 0.2) is 0 Å². The van der Waals surface area contributed by atoms with Gasteiger partial charge in [-0.05, 0) is 37.6 Å². The summed E-state index contributed by atoms with van der Waals surface area (Å²) in [6.45, 7) is 3.00. The molecule has 0 aliphatic rings. The molecule has 31 heavy (non-hydrogen) atoms. The van der Waals surface area contributed by atoms with E-state index in [0.717, 1.165) is 28.0 Å². The van der Waals surface area contributed by atoms with Gasteiger partial charge in [-0.3, -0.25) is 24.0 Å². The second kappa shape index (κ2) is 8.12. The first-order valence-corrected chi connectivity index (χ1v) is 11.7. The number of nitrogens with zero attached hydrogens (tertiary/aromatic N) is 3. The Bertz CT molecular complexity index is 1360. The van der Waals surface area contributed by atoms with E-state index in [1.165, 1.54) is 23.6 Å². The SMILES string of the molecule is Cc1ccc([N+](=O)[O-])cc1N([C@@H](C)C(=O)Nc1ccc2c(c1)sc(=O)n2C)S(C)(=O)=O. The summed E-state index contributed by atoms with van der Waals surface area (Å²) in [4.78, 5) is 35.1. The Hall–Kier alpha value is -3.25. The van der Waals surface area contributed by atoms with Gasteiger partial charge in [-0.1, -0.05) is 17.4 Å². The third kappa shape index (κ3) is 4.44. The van der Waals surface area contributed by atoms with Crippen molar-refractivity contribution in [3.8, 4) is 0 Å². The number of sulfonamides is 1. The molecular weight excluding hydrogens is 444 g/mol. The first kappa shape index (κ1) is 22.4. The van der Waals surface area contributed by atoms with Crippen molar-refractivity contribution in [1.82, 2.24) is 4.57 Å². The Labute approximate surface area is 181 Å². The lowest BCUT2D eigenvalue weighted by atomic mass is 10.1. The van der Waals surface area contributed by atoms with Gasteiger partial charge in [-0.25, -0.2) is 8.42 Å². The number of hydrogen-bond donors (Lipinski definition) is 1. The first-order chi connectivity index (χ1) is 14.4. The molecule has 0 saturated carbocycles. The van der Waals surface area contributed by atoms with Gasteiger partial charge in [0.05, 0.1) is 27.1 Å². The smallest absolute Gasteiger partial charge is 0.307 e. The van der Waals surface area contributed by atoms with E-state index >= 15 is 0 Å². The van der Waals surface area contributed by atoms with Crippen molar-refractivity contribution in [3.63, 3.8) is 0 Å². The predicted octanol–water partition coefficient (Wildman–Crippen LogP) is 2.61. The molecule has 2 aromatic carbocycles. The number of rotatable bonds is 6. The minimum atomic E-state index is -3.95. The third-order valence-corrected chi connectivity index (χ3v) is 7.01. The van der Waals surface area contributed by atoms with E-state index in [1.807, 2.05) is 0 Å². The number of anilines is 2. The summed E-state index contributed by atoms with van der Waals surface area (Å²) in [5.41, 5.74) is 1.34. The van der Waals surface area contributed by atoms with Crippen LogP contribution in [0.5, 0.6) is 0 Å². The topological polar surface area (TPSA) is 132 Å². The quantitative estimate of drug-likeness (QED) is 0.441. The Morgan fingerprint density at radius 3 is 2.55 bits per heavy atom. The van der Waals surface area contributed by atoms with Gasteiger partial charge in [0.1, 0.15) is 6.04 Å². The van der Waals surface area contributed by atoms with Crippen LogP contribution in [-0.4, -0.2) is 36.1 Å². The van der Waals surface area contributed by atoms with Crippen molar-refractivity contribution in [2.75, 3.05) is 15.9 Å². The molecule has 164 valence electrons. The molecule has 1 amide bonds. The van der Waals surface area contributed by atoms with Crippen LogP contribution in [0.15, 0.2) is 41.2 Å². The summed E-state index contributed by atoms with van der Waals surface area (Å²) in [6, 6.07) is 7.57. The average molecular weight is 465 g/mol. The molecule has 0 unspecified atom stereocenters. The van der Waals surface area contributed by atoms with Gasteiger partial charge >= 0.3 is 4.87 Å².